The lowest BCUT2D eigenvalue weighted by Gasteiger charge is -2.23. The second kappa shape index (κ2) is 5.23. The topological polar surface area (TPSA) is 71.2 Å². The van der Waals surface area contributed by atoms with Crippen molar-refractivity contribution < 1.29 is 5.11 Å². The van der Waals surface area contributed by atoms with E-state index in [0.717, 1.165) is 5.69 Å². The van der Waals surface area contributed by atoms with Crippen molar-refractivity contribution in [2.75, 3.05) is 29.6 Å². The molecule has 0 bridgehead atoms. The van der Waals surface area contributed by atoms with Crippen molar-refractivity contribution in [3.63, 3.8) is 0 Å². The molecule has 0 saturated carbocycles. The van der Waals surface area contributed by atoms with Crippen LogP contribution in [0.25, 0.3) is 0 Å². The van der Waals surface area contributed by atoms with Crippen molar-refractivity contribution in [1.29, 1.82) is 0 Å². The van der Waals surface area contributed by atoms with E-state index < -0.39 is 5.60 Å². The molecule has 1 atom stereocenters. The molecule has 1 rings (SSSR count). The molecule has 0 saturated heterocycles. The molecule has 4 nitrogen and oxygen atoms in total. The summed E-state index contributed by atoms with van der Waals surface area (Å²) in [5, 5.41) is 13.0. The van der Waals surface area contributed by atoms with Gasteiger partial charge in [0.25, 0.3) is 0 Å². The number of nitrogen functional groups attached to an aromatic ring is 1. The lowest BCUT2D eigenvalue weighted by Crippen LogP contribution is -2.36. The molecule has 1 unspecified atom stereocenters. The summed E-state index contributed by atoms with van der Waals surface area (Å²) in [7, 11) is 0. The third kappa shape index (κ3) is 4.40. The highest BCUT2D eigenvalue weighted by Crippen LogP contribution is 2.14. The quantitative estimate of drug-likeness (QED) is 0.705. The van der Waals surface area contributed by atoms with Gasteiger partial charge in [-0.15, -0.1) is 0 Å². The summed E-state index contributed by atoms with van der Waals surface area (Å²) >= 11 is 1.62. The first kappa shape index (κ1) is 12.1. The summed E-state index contributed by atoms with van der Waals surface area (Å²) in [6, 6.07) is 1.79. The smallest absolute Gasteiger partial charge is 0.0880 e. The first-order valence-electron chi connectivity index (χ1n) is 4.69. The number of nitrogens with zero attached hydrogens (tertiary/aromatic N) is 1. The SMILES string of the molecule is CSCC(C)(O)CNc1cncc(N)c1. The highest BCUT2D eigenvalue weighted by Gasteiger charge is 2.18. The number of aliphatic hydroxyl groups is 1. The van der Waals surface area contributed by atoms with Crippen molar-refractivity contribution in [3.05, 3.63) is 18.5 Å². The fraction of sp³-hybridized carbons (Fsp3) is 0.500. The van der Waals surface area contributed by atoms with Crippen molar-refractivity contribution >= 4 is 23.1 Å². The Labute approximate surface area is 94.3 Å². The van der Waals surface area contributed by atoms with E-state index in [1.807, 2.05) is 6.26 Å². The van der Waals surface area contributed by atoms with Crippen molar-refractivity contribution in [3.8, 4) is 0 Å². The fourth-order valence-corrected chi connectivity index (χ4v) is 1.93. The van der Waals surface area contributed by atoms with E-state index in [-0.39, 0.29) is 0 Å². The molecule has 1 aromatic heterocycles. The molecule has 15 heavy (non-hydrogen) atoms. The van der Waals surface area contributed by atoms with E-state index in [0.29, 0.717) is 18.0 Å². The molecule has 0 aliphatic heterocycles. The molecule has 0 spiro atoms. The zero-order valence-corrected chi connectivity index (χ0v) is 9.84. The monoisotopic (exact) mass is 227 g/mol. The maximum atomic E-state index is 9.91. The van der Waals surface area contributed by atoms with Gasteiger partial charge in [0.2, 0.25) is 0 Å². The standard InChI is InChI=1S/C10H17N3OS/c1-10(14,7-15-2)6-13-9-3-8(11)4-12-5-9/h3-5,13-14H,6-7,11H2,1-2H3. The van der Waals surface area contributed by atoms with Gasteiger partial charge in [-0.05, 0) is 19.2 Å². The largest absolute Gasteiger partial charge is 0.397 e. The Morgan fingerprint density at radius 1 is 1.60 bits per heavy atom. The second-order valence-electron chi connectivity index (χ2n) is 3.79. The molecule has 0 fully saturated rings. The summed E-state index contributed by atoms with van der Waals surface area (Å²) < 4.78 is 0. The van der Waals surface area contributed by atoms with Gasteiger partial charge in [0, 0.05) is 18.5 Å². The normalized spacial score (nSPS) is 14.6. The summed E-state index contributed by atoms with van der Waals surface area (Å²) in [5.41, 5.74) is 6.31. The van der Waals surface area contributed by atoms with Crippen LogP contribution < -0.4 is 11.1 Å². The minimum Gasteiger partial charge on any atom is -0.397 e. The molecule has 1 aromatic rings. The molecular formula is C10H17N3OS. The van der Waals surface area contributed by atoms with Crippen LogP contribution >= 0.6 is 11.8 Å². The number of rotatable bonds is 5. The summed E-state index contributed by atoms with van der Waals surface area (Å²) in [4.78, 5) is 3.96. The second-order valence-corrected chi connectivity index (χ2v) is 4.66. The number of nitrogens with two attached hydrogens (primary N) is 1. The molecule has 0 amide bonds. The molecule has 4 N–H and O–H groups in total. The Morgan fingerprint density at radius 3 is 2.93 bits per heavy atom. The maximum Gasteiger partial charge on any atom is 0.0880 e. The molecule has 1 heterocycles. The maximum absolute atomic E-state index is 9.91. The predicted molar refractivity (Wildman–Crippen MR) is 66.1 cm³/mol. The van der Waals surface area contributed by atoms with Gasteiger partial charge in [0.15, 0.2) is 0 Å². The van der Waals surface area contributed by atoms with E-state index in [1.165, 1.54) is 0 Å². The van der Waals surface area contributed by atoms with E-state index in [4.69, 9.17) is 5.73 Å². The average molecular weight is 227 g/mol. The minimum atomic E-state index is -0.718. The van der Waals surface area contributed by atoms with Gasteiger partial charge >= 0.3 is 0 Å². The Balaban J connectivity index is 2.49. The van der Waals surface area contributed by atoms with Crippen LogP contribution in [0.1, 0.15) is 6.92 Å². The summed E-state index contributed by atoms with van der Waals surface area (Å²) in [6.07, 6.45) is 5.24. The van der Waals surface area contributed by atoms with Crippen molar-refractivity contribution in [2.24, 2.45) is 0 Å². The van der Waals surface area contributed by atoms with Gasteiger partial charge in [-0.25, -0.2) is 0 Å². The Bertz CT molecular complexity index is 317. The van der Waals surface area contributed by atoms with Crippen LogP contribution in [0.15, 0.2) is 18.5 Å². The lowest BCUT2D eigenvalue weighted by atomic mass is 10.1. The van der Waals surface area contributed by atoms with E-state index in [2.05, 4.69) is 10.3 Å². The van der Waals surface area contributed by atoms with Gasteiger partial charge in [0.05, 0.1) is 23.2 Å². The van der Waals surface area contributed by atoms with Gasteiger partial charge in [0.1, 0.15) is 0 Å². The van der Waals surface area contributed by atoms with Crippen LogP contribution in [0.2, 0.25) is 0 Å². The average Bonchev–Trinajstić information content (AvgIpc) is 2.15. The highest BCUT2D eigenvalue weighted by molar-refractivity contribution is 7.98. The first-order chi connectivity index (χ1) is 7.03. The molecule has 0 aromatic carbocycles. The molecule has 0 aliphatic carbocycles. The molecule has 0 aliphatic rings. The van der Waals surface area contributed by atoms with Crippen molar-refractivity contribution in [2.45, 2.75) is 12.5 Å². The van der Waals surface area contributed by atoms with E-state index in [9.17, 15) is 5.11 Å². The number of pyridine rings is 1. The van der Waals surface area contributed by atoms with Crippen LogP contribution in [-0.2, 0) is 0 Å². The van der Waals surface area contributed by atoms with Crippen LogP contribution in [-0.4, -0.2) is 34.2 Å². The molecular weight excluding hydrogens is 210 g/mol. The van der Waals surface area contributed by atoms with Gasteiger partial charge in [-0.3, -0.25) is 4.98 Å². The number of hydrogen-bond donors (Lipinski definition) is 3. The molecule has 84 valence electrons. The summed E-state index contributed by atoms with van der Waals surface area (Å²) in [5.74, 6) is 0.690. The van der Waals surface area contributed by atoms with E-state index in [1.54, 1.807) is 37.1 Å². The summed E-state index contributed by atoms with van der Waals surface area (Å²) in [6.45, 7) is 2.29. The number of nitrogens with one attached hydrogen (secondary N) is 1. The molecule has 5 heteroatoms. The predicted octanol–water partition coefficient (Wildman–Crippen LogP) is 1.19. The van der Waals surface area contributed by atoms with Crippen LogP contribution in [0.3, 0.4) is 0 Å². The van der Waals surface area contributed by atoms with Gasteiger partial charge < -0.3 is 16.2 Å². The number of thioether (sulfide) groups is 1. The molecule has 0 radical (unpaired) electrons. The van der Waals surface area contributed by atoms with Crippen LogP contribution in [0.4, 0.5) is 11.4 Å². The first-order valence-corrected chi connectivity index (χ1v) is 6.08. The zero-order chi connectivity index (χ0) is 11.3. The Morgan fingerprint density at radius 2 is 2.33 bits per heavy atom. The lowest BCUT2D eigenvalue weighted by molar-refractivity contribution is 0.0997. The van der Waals surface area contributed by atoms with Gasteiger partial charge in [-0.2, -0.15) is 11.8 Å². The minimum absolute atomic E-state index is 0.485. The fourth-order valence-electron chi connectivity index (χ4n) is 1.21. The Hall–Kier alpha value is -0.940. The third-order valence-electron chi connectivity index (χ3n) is 1.89. The highest BCUT2D eigenvalue weighted by atomic mass is 32.2. The number of anilines is 2. The van der Waals surface area contributed by atoms with Gasteiger partial charge in [-0.1, -0.05) is 0 Å². The number of aromatic nitrogens is 1. The van der Waals surface area contributed by atoms with E-state index >= 15 is 0 Å². The third-order valence-corrected chi connectivity index (χ3v) is 2.80. The van der Waals surface area contributed by atoms with Crippen molar-refractivity contribution in [1.82, 2.24) is 4.98 Å². The van der Waals surface area contributed by atoms with Crippen LogP contribution in [0, 0.1) is 0 Å². The Kier molecular flexibility index (Phi) is 4.23. The van der Waals surface area contributed by atoms with Crippen LogP contribution in [0.5, 0.6) is 0 Å². The number of hydrogen-bond acceptors (Lipinski definition) is 5. The zero-order valence-electron chi connectivity index (χ0n) is 9.03.